The fourth-order valence-corrected chi connectivity index (χ4v) is 3.04. The molecule has 2 aromatic rings. The minimum atomic E-state index is 0.736. The lowest BCUT2D eigenvalue weighted by atomic mass is 10.1. The topological polar surface area (TPSA) is 24.9 Å². The number of aromatic nitrogens is 1. The molecule has 1 saturated carbocycles. The van der Waals surface area contributed by atoms with E-state index in [1.807, 2.05) is 11.3 Å². The summed E-state index contributed by atoms with van der Waals surface area (Å²) < 4.78 is 0. The molecule has 2 nitrogen and oxygen atoms in total. The zero-order chi connectivity index (χ0) is 12.4. The van der Waals surface area contributed by atoms with Crippen molar-refractivity contribution in [1.29, 1.82) is 0 Å². The summed E-state index contributed by atoms with van der Waals surface area (Å²) in [5.41, 5.74) is 2.51. The number of aryl methyl sites for hydroxylation is 1. The van der Waals surface area contributed by atoms with E-state index >= 15 is 0 Å². The highest BCUT2D eigenvalue weighted by molar-refractivity contribution is 7.15. The molecule has 0 bridgehead atoms. The van der Waals surface area contributed by atoms with Crippen LogP contribution in [0.15, 0.2) is 30.3 Å². The van der Waals surface area contributed by atoms with Gasteiger partial charge in [0.05, 0.1) is 15.6 Å². The van der Waals surface area contributed by atoms with Crippen LogP contribution in [-0.2, 0) is 13.0 Å². The molecule has 1 aromatic carbocycles. The summed E-state index contributed by atoms with van der Waals surface area (Å²) >= 11 is 1.83. The largest absolute Gasteiger partial charge is 0.308 e. The van der Waals surface area contributed by atoms with Gasteiger partial charge in [0.25, 0.3) is 0 Å². The number of thiazole rings is 1. The number of hydrogen-bond acceptors (Lipinski definition) is 3. The average Bonchev–Trinajstić information content (AvgIpc) is 3.16. The van der Waals surface area contributed by atoms with Gasteiger partial charge in [0.15, 0.2) is 0 Å². The molecule has 0 amide bonds. The lowest BCUT2D eigenvalue weighted by Crippen LogP contribution is -2.16. The van der Waals surface area contributed by atoms with Gasteiger partial charge in [-0.2, -0.15) is 0 Å². The Bertz CT molecular complexity index is 515. The first-order chi connectivity index (χ1) is 8.86. The Morgan fingerprint density at radius 3 is 2.72 bits per heavy atom. The van der Waals surface area contributed by atoms with Crippen LogP contribution in [0.4, 0.5) is 0 Å². The number of benzene rings is 1. The second-order valence-corrected chi connectivity index (χ2v) is 5.84. The first kappa shape index (κ1) is 11.9. The van der Waals surface area contributed by atoms with Crippen LogP contribution in [0.1, 0.15) is 30.5 Å². The van der Waals surface area contributed by atoms with Gasteiger partial charge in [0, 0.05) is 12.6 Å². The van der Waals surface area contributed by atoms with Gasteiger partial charge in [-0.15, -0.1) is 11.3 Å². The van der Waals surface area contributed by atoms with Crippen molar-refractivity contribution in [2.75, 3.05) is 0 Å². The fraction of sp³-hybridized carbons (Fsp3) is 0.400. The molecule has 18 heavy (non-hydrogen) atoms. The summed E-state index contributed by atoms with van der Waals surface area (Å²) in [5.74, 6) is 0. The SMILES string of the molecule is CCc1nc(CNC2CC2)c(-c2ccccc2)s1. The van der Waals surface area contributed by atoms with E-state index in [1.54, 1.807) is 0 Å². The van der Waals surface area contributed by atoms with E-state index in [4.69, 9.17) is 4.98 Å². The Labute approximate surface area is 112 Å². The van der Waals surface area contributed by atoms with Crippen molar-refractivity contribution in [2.24, 2.45) is 0 Å². The molecule has 0 saturated heterocycles. The van der Waals surface area contributed by atoms with Crippen molar-refractivity contribution >= 4 is 11.3 Å². The number of rotatable bonds is 5. The zero-order valence-electron chi connectivity index (χ0n) is 10.6. The monoisotopic (exact) mass is 258 g/mol. The van der Waals surface area contributed by atoms with E-state index in [1.165, 1.54) is 34.0 Å². The molecule has 0 radical (unpaired) electrons. The molecule has 1 heterocycles. The molecule has 1 aliphatic rings. The quantitative estimate of drug-likeness (QED) is 0.886. The van der Waals surface area contributed by atoms with Crippen LogP contribution in [0.2, 0.25) is 0 Å². The van der Waals surface area contributed by atoms with Gasteiger partial charge in [-0.1, -0.05) is 37.3 Å². The van der Waals surface area contributed by atoms with Gasteiger partial charge < -0.3 is 5.32 Å². The predicted octanol–water partition coefficient (Wildman–Crippen LogP) is 3.62. The van der Waals surface area contributed by atoms with Gasteiger partial charge in [-0.3, -0.25) is 0 Å². The van der Waals surface area contributed by atoms with Crippen molar-refractivity contribution in [3.8, 4) is 10.4 Å². The number of hydrogen-bond donors (Lipinski definition) is 1. The molecule has 0 spiro atoms. The van der Waals surface area contributed by atoms with Crippen LogP contribution in [0.25, 0.3) is 10.4 Å². The molecule has 1 fully saturated rings. The van der Waals surface area contributed by atoms with E-state index in [-0.39, 0.29) is 0 Å². The smallest absolute Gasteiger partial charge is 0.0932 e. The van der Waals surface area contributed by atoms with E-state index < -0.39 is 0 Å². The van der Waals surface area contributed by atoms with Crippen molar-refractivity contribution < 1.29 is 0 Å². The number of nitrogens with zero attached hydrogens (tertiary/aromatic N) is 1. The van der Waals surface area contributed by atoms with Crippen LogP contribution >= 0.6 is 11.3 Å². The van der Waals surface area contributed by atoms with Crippen molar-refractivity contribution in [3.63, 3.8) is 0 Å². The van der Waals surface area contributed by atoms with Crippen molar-refractivity contribution in [3.05, 3.63) is 41.0 Å². The lowest BCUT2D eigenvalue weighted by Gasteiger charge is -2.03. The van der Waals surface area contributed by atoms with Crippen LogP contribution in [0.5, 0.6) is 0 Å². The average molecular weight is 258 g/mol. The Kier molecular flexibility index (Phi) is 3.43. The van der Waals surface area contributed by atoms with E-state index in [2.05, 4.69) is 42.6 Å². The minimum Gasteiger partial charge on any atom is -0.308 e. The molecule has 0 unspecified atom stereocenters. The molecule has 1 aliphatic carbocycles. The third-order valence-electron chi connectivity index (χ3n) is 3.22. The minimum absolute atomic E-state index is 0.736. The predicted molar refractivity (Wildman–Crippen MR) is 76.8 cm³/mol. The molecule has 94 valence electrons. The van der Waals surface area contributed by atoms with Crippen LogP contribution < -0.4 is 5.32 Å². The second-order valence-electron chi connectivity index (χ2n) is 4.76. The molecule has 3 heteroatoms. The summed E-state index contributed by atoms with van der Waals surface area (Å²) in [4.78, 5) is 6.09. The van der Waals surface area contributed by atoms with Gasteiger partial charge in [0.2, 0.25) is 0 Å². The van der Waals surface area contributed by atoms with E-state index in [0.717, 1.165) is 19.0 Å². The first-order valence-electron chi connectivity index (χ1n) is 6.64. The summed E-state index contributed by atoms with van der Waals surface area (Å²) in [6, 6.07) is 11.3. The maximum absolute atomic E-state index is 4.76. The standard InChI is InChI=1S/C15H18N2S/c1-2-14-17-13(10-16-12-8-9-12)15(18-14)11-6-4-3-5-7-11/h3-7,12,16H,2,8-10H2,1H3. The summed E-state index contributed by atoms with van der Waals surface area (Å²) in [5, 5.41) is 4.80. The van der Waals surface area contributed by atoms with Crippen molar-refractivity contribution in [2.45, 2.75) is 38.8 Å². The summed E-state index contributed by atoms with van der Waals surface area (Å²) in [7, 11) is 0. The van der Waals surface area contributed by atoms with Gasteiger partial charge in [-0.25, -0.2) is 4.98 Å². The normalized spacial score (nSPS) is 14.9. The molecule has 3 rings (SSSR count). The van der Waals surface area contributed by atoms with Crippen LogP contribution in [-0.4, -0.2) is 11.0 Å². The zero-order valence-corrected chi connectivity index (χ0v) is 11.5. The molecule has 1 N–H and O–H groups in total. The van der Waals surface area contributed by atoms with E-state index in [9.17, 15) is 0 Å². The molecule has 0 atom stereocenters. The summed E-state index contributed by atoms with van der Waals surface area (Å²) in [6.07, 6.45) is 3.67. The Balaban J connectivity index is 1.88. The molecule has 0 aliphatic heterocycles. The van der Waals surface area contributed by atoms with E-state index in [0.29, 0.717) is 0 Å². The van der Waals surface area contributed by atoms with Crippen LogP contribution in [0.3, 0.4) is 0 Å². The molecular weight excluding hydrogens is 240 g/mol. The highest BCUT2D eigenvalue weighted by Crippen LogP contribution is 2.31. The third kappa shape index (κ3) is 2.62. The fourth-order valence-electron chi connectivity index (χ4n) is 2.02. The lowest BCUT2D eigenvalue weighted by molar-refractivity contribution is 0.676. The Hall–Kier alpha value is -1.19. The van der Waals surface area contributed by atoms with Gasteiger partial charge in [-0.05, 0) is 24.8 Å². The second kappa shape index (κ2) is 5.21. The highest BCUT2D eigenvalue weighted by atomic mass is 32.1. The van der Waals surface area contributed by atoms with Crippen molar-refractivity contribution in [1.82, 2.24) is 10.3 Å². The van der Waals surface area contributed by atoms with Gasteiger partial charge >= 0.3 is 0 Å². The first-order valence-corrected chi connectivity index (χ1v) is 7.46. The third-order valence-corrected chi connectivity index (χ3v) is 4.51. The number of nitrogens with one attached hydrogen (secondary N) is 1. The maximum atomic E-state index is 4.76. The molecule has 1 aromatic heterocycles. The Morgan fingerprint density at radius 1 is 1.28 bits per heavy atom. The highest BCUT2D eigenvalue weighted by Gasteiger charge is 2.21. The van der Waals surface area contributed by atoms with Gasteiger partial charge in [0.1, 0.15) is 0 Å². The van der Waals surface area contributed by atoms with Crippen LogP contribution in [0, 0.1) is 0 Å². The summed E-state index contributed by atoms with van der Waals surface area (Å²) in [6.45, 7) is 3.08. The molecular formula is C15H18N2S. The maximum Gasteiger partial charge on any atom is 0.0932 e. The Morgan fingerprint density at radius 2 is 2.06 bits per heavy atom.